The molecule has 0 saturated heterocycles. The van der Waals surface area contributed by atoms with Crippen molar-refractivity contribution < 1.29 is 25.5 Å². The summed E-state index contributed by atoms with van der Waals surface area (Å²) in [6.07, 6.45) is -0.469. The first kappa shape index (κ1) is 25.2. The summed E-state index contributed by atoms with van der Waals surface area (Å²) >= 11 is 1.27. The molecule has 1 atom stereocenters. The normalized spacial score (nSPS) is 8.89. The topological polar surface area (TPSA) is 239 Å². The molecule has 14 nitrogen and oxygen atoms in total. The van der Waals surface area contributed by atoms with Gasteiger partial charge in [0.05, 0.1) is 15.3 Å². The molecule has 0 aliphatic carbocycles. The van der Waals surface area contributed by atoms with Crippen molar-refractivity contribution in [2.75, 3.05) is 6.61 Å². The van der Waals surface area contributed by atoms with Crippen molar-refractivity contribution >= 4 is 22.5 Å². The van der Waals surface area contributed by atoms with Crippen molar-refractivity contribution in [3.8, 4) is 0 Å². The molecule has 1 unspecified atom stereocenters. The van der Waals surface area contributed by atoms with Crippen molar-refractivity contribution in [3.63, 3.8) is 0 Å². The fourth-order valence-corrected chi connectivity index (χ4v) is 0.433. The molecular formula is C3H7N3O11Sn. The zero-order valence-electron chi connectivity index (χ0n) is 8.40. The molecule has 0 aromatic rings. The van der Waals surface area contributed by atoms with E-state index in [0.717, 1.165) is 4.44 Å². The Bertz CT molecular complexity index is 179. The van der Waals surface area contributed by atoms with Gasteiger partial charge in [-0.2, -0.15) is 0 Å². The summed E-state index contributed by atoms with van der Waals surface area (Å²) in [5, 5.41) is 60.8. The molecule has 0 rings (SSSR count). The van der Waals surface area contributed by atoms with Crippen molar-refractivity contribution in [1.82, 2.24) is 0 Å². The Balaban J connectivity index is -0.0000000742. The molecule has 15 heteroatoms. The summed E-state index contributed by atoms with van der Waals surface area (Å²) in [7, 11) is 0. The predicted molar refractivity (Wildman–Crippen MR) is 54.7 cm³/mol. The molecule has 104 valence electrons. The average Bonchev–Trinajstić information content (AvgIpc) is 2.13. The third-order valence-electron chi connectivity index (χ3n) is 0.446. The summed E-state index contributed by atoms with van der Waals surface area (Å²) in [5.41, 5.74) is 0. The van der Waals surface area contributed by atoms with E-state index in [-0.39, 0.29) is 6.61 Å². The Kier molecular flexibility index (Phi) is 29.0. The molecule has 0 heterocycles. The maximum atomic E-state index is 8.44. The van der Waals surface area contributed by atoms with Gasteiger partial charge in [0.2, 0.25) is 0 Å². The van der Waals surface area contributed by atoms with Gasteiger partial charge in [0.25, 0.3) is 0 Å². The summed E-state index contributed by atoms with van der Waals surface area (Å²) < 4.78 is 0.725. The Labute approximate surface area is 111 Å². The second-order valence-corrected chi connectivity index (χ2v) is 2.88. The predicted octanol–water partition coefficient (Wildman–Crippen LogP) is -1.79. The monoisotopic (exact) mass is 381 g/mol. The van der Waals surface area contributed by atoms with Gasteiger partial charge in [-0.3, -0.25) is 0 Å². The van der Waals surface area contributed by atoms with Crippen LogP contribution in [-0.2, 0) is 0 Å². The first-order valence-corrected chi connectivity index (χ1v) is 5.41. The molecule has 2 N–H and O–H groups in total. The van der Waals surface area contributed by atoms with Crippen molar-refractivity contribution in [2.45, 2.75) is 10.5 Å². The molecule has 0 spiro atoms. The number of rotatable bonds is 2. The first-order valence-electron chi connectivity index (χ1n) is 3.39. The van der Waals surface area contributed by atoms with Crippen LogP contribution in [0.3, 0.4) is 0 Å². The Morgan fingerprint density at radius 2 is 1.06 bits per heavy atom. The fourth-order valence-electron chi connectivity index (χ4n) is 0.0645. The van der Waals surface area contributed by atoms with Crippen LogP contribution in [0.5, 0.6) is 0 Å². The molecule has 0 aliphatic heterocycles. The van der Waals surface area contributed by atoms with E-state index in [1.165, 1.54) is 22.5 Å². The van der Waals surface area contributed by atoms with Crippen molar-refractivity contribution in [2.24, 2.45) is 0 Å². The summed E-state index contributed by atoms with van der Waals surface area (Å²) in [6, 6.07) is 0. The quantitative estimate of drug-likeness (QED) is 0.308. The Hall–Kier alpha value is -1.68. The van der Waals surface area contributed by atoms with Crippen LogP contribution < -0.4 is 0 Å². The van der Waals surface area contributed by atoms with Crippen molar-refractivity contribution in [1.29, 1.82) is 0 Å². The zero-order chi connectivity index (χ0) is 15.7. The van der Waals surface area contributed by atoms with Crippen LogP contribution in [0, 0.1) is 46.0 Å². The summed E-state index contributed by atoms with van der Waals surface area (Å²) in [5.74, 6) is 0. The van der Waals surface area contributed by atoms with E-state index in [4.69, 9.17) is 56.2 Å². The van der Waals surface area contributed by atoms with E-state index in [9.17, 15) is 0 Å². The third-order valence-corrected chi connectivity index (χ3v) is 1.79. The van der Waals surface area contributed by atoms with Gasteiger partial charge in [-0.1, -0.05) is 0 Å². The fraction of sp³-hybridized carbons (Fsp3) is 1.00. The maximum absolute atomic E-state index is 8.44. The van der Waals surface area contributed by atoms with Gasteiger partial charge in [-0.15, -0.1) is 0 Å². The Morgan fingerprint density at radius 1 is 0.889 bits per heavy atom. The van der Waals surface area contributed by atoms with E-state index in [0.29, 0.717) is 0 Å². The van der Waals surface area contributed by atoms with Crippen LogP contribution in [-0.4, -0.2) is 60.7 Å². The molecule has 0 aromatic carbocycles. The van der Waals surface area contributed by atoms with Crippen LogP contribution >= 0.6 is 0 Å². The van der Waals surface area contributed by atoms with Crippen LogP contribution in [0.2, 0.25) is 4.44 Å². The number of hydrogen-bond acceptors (Lipinski definition) is 11. The molecule has 18 heavy (non-hydrogen) atoms. The van der Waals surface area contributed by atoms with Crippen LogP contribution in [0.4, 0.5) is 0 Å². The van der Waals surface area contributed by atoms with E-state index in [1.54, 1.807) is 0 Å². The van der Waals surface area contributed by atoms with Gasteiger partial charge in [0.1, 0.15) is 0 Å². The minimum absolute atomic E-state index is 0.0921. The summed E-state index contributed by atoms with van der Waals surface area (Å²) in [4.78, 5) is 24.8. The molecule has 0 aliphatic rings. The number of aliphatic hydroxyl groups excluding tert-OH is 2. The molecular weight excluding hydrogens is 373 g/mol. The standard InChI is InChI=1S/C3H7O2.3NO3.Sn/c1-3(5)2-4;3*2-1(3)4;/h3-5H,1-2H2;;;;/q;3*-1;+3. The van der Waals surface area contributed by atoms with Gasteiger partial charge < -0.3 is 46.0 Å². The second kappa shape index (κ2) is 20.7. The van der Waals surface area contributed by atoms with E-state index >= 15 is 0 Å². The number of aliphatic hydroxyl groups is 2. The summed E-state index contributed by atoms with van der Waals surface area (Å²) in [6.45, 7) is -0.0921. The zero-order valence-corrected chi connectivity index (χ0v) is 11.3. The van der Waals surface area contributed by atoms with Gasteiger partial charge in [0, 0.05) is 0 Å². The van der Waals surface area contributed by atoms with E-state index in [1.807, 2.05) is 0 Å². The van der Waals surface area contributed by atoms with Gasteiger partial charge in [0.15, 0.2) is 0 Å². The van der Waals surface area contributed by atoms with Gasteiger partial charge in [-0.05, 0) is 0 Å². The number of hydrogen-bond donors (Lipinski definition) is 2. The average molecular weight is 380 g/mol. The minimum atomic E-state index is -1.75. The molecule has 0 fully saturated rings. The van der Waals surface area contributed by atoms with Crippen LogP contribution in [0.1, 0.15) is 0 Å². The third kappa shape index (κ3) is 472. The molecule has 0 amide bonds. The first-order chi connectivity index (χ1) is 8.00. The van der Waals surface area contributed by atoms with Crippen molar-refractivity contribution in [3.05, 3.63) is 46.0 Å². The van der Waals surface area contributed by atoms with Gasteiger partial charge in [-0.25, -0.2) is 0 Å². The molecule has 0 radical (unpaired) electrons. The molecule has 0 aromatic heterocycles. The number of nitrogens with zero attached hydrogens (tertiary/aromatic N) is 3. The van der Waals surface area contributed by atoms with E-state index < -0.39 is 21.4 Å². The Morgan fingerprint density at radius 3 is 1.06 bits per heavy atom. The SMILES string of the molecule is O=[N+]([O-])[O-].O=[N+]([O-])[O-].O=[N+]([O-])[O-].OCC(O)[CH2][Sn+3]. The van der Waals surface area contributed by atoms with Crippen LogP contribution in [0.25, 0.3) is 0 Å². The van der Waals surface area contributed by atoms with Gasteiger partial charge >= 0.3 is 49.9 Å². The molecule has 0 saturated carbocycles. The molecule has 0 bridgehead atoms. The van der Waals surface area contributed by atoms with E-state index in [2.05, 4.69) is 0 Å². The second-order valence-electron chi connectivity index (χ2n) is 1.71. The van der Waals surface area contributed by atoms with Crippen LogP contribution in [0.15, 0.2) is 0 Å².